The van der Waals surface area contributed by atoms with Gasteiger partial charge in [0.1, 0.15) is 5.78 Å². The Balaban J connectivity index is 2.35. The molecule has 0 aliphatic heterocycles. The predicted octanol–water partition coefficient (Wildman–Crippen LogP) is 2.74. The van der Waals surface area contributed by atoms with E-state index in [1.165, 1.54) is 0 Å². The van der Waals surface area contributed by atoms with Crippen LogP contribution < -0.4 is 5.32 Å². The van der Waals surface area contributed by atoms with E-state index in [1.54, 1.807) is 0 Å². The highest BCUT2D eigenvalue weighted by Gasteiger charge is 2.53. The van der Waals surface area contributed by atoms with Crippen LogP contribution in [0.5, 0.6) is 0 Å². The average molecular weight is 241 g/mol. The summed E-state index contributed by atoms with van der Waals surface area (Å²) >= 11 is 0. The van der Waals surface area contributed by atoms with Crippen molar-refractivity contribution in [2.75, 3.05) is 13.3 Å². The molecule has 0 radical (unpaired) electrons. The van der Waals surface area contributed by atoms with Crippen LogP contribution in [0.1, 0.15) is 54.4 Å². The van der Waals surface area contributed by atoms with Crippen molar-refractivity contribution >= 4 is 5.78 Å². The first kappa shape index (κ1) is 14.7. The summed E-state index contributed by atoms with van der Waals surface area (Å²) in [4.78, 5) is 12.2. The number of hydrogen-bond acceptors (Lipinski definition) is 3. The number of hydrogen-bond donors (Lipinski definition) is 1. The van der Waals surface area contributed by atoms with Crippen molar-refractivity contribution in [3.8, 4) is 0 Å². The number of rotatable bonds is 5. The van der Waals surface area contributed by atoms with Crippen LogP contribution in [0.3, 0.4) is 0 Å². The van der Waals surface area contributed by atoms with Crippen LogP contribution in [-0.2, 0) is 9.53 Å². The second kappa shape index (κ2) is 4.69. The fraction of sp³-hybridized carbons (Fsp3) is 0.929. The molecule has 17 heavy (non-hydrogen) atoms. The van der Waals surface area contributed by atoms with E-state index >= 15 is 0 Å². The maximum Gasteiger partial charge on any atom is 0.146 e. The van der Waals surface area contributed by atoms with Crippen LogP contribution in [0.25, 0.3) is 0 Å². The van der Waals surface area contributed by atoms with Crippen LogP contribution in [0.4, 0.5) is 0 Å². The molecule has 0 aromatic heterocycles. The van der Waals surface area contributed by atoms with Crippen molar-refractivity contribution in [2.24, 2.45) is 10.8 Å². The monoisotopic (exact) mass is 241 g/mol. The standard InChI is InChI=1S/C14H27NO2/c1-12(2,3)11(16)14(7-8-14)9-17-10-15-13(4,5)6/h15H,7-10H2,1-6H3. The molecule has 0 amide bonds. The van der Waals surface area contributed by atoms with Gasteiger partial charge in [-0.25, -0.2) is 0 Å². The molecule has 0 aromatic rings. The Labute approximate surface area is 105 Å². The molecule has 3 heteroatoms. The van der Waals surface area contributed by atoms with E-state index in [1.807, 2.05) is 20.8 Å². The lowest BCUT2D eigenvalue weighted by atomic mass is 9.81. The zero-order valence-electron chi connectivity index (χ0n) is 12.1. The van der Waals surface area contributed by atoms with E-state index in [-0.39, 0.29) is 16.4 Å². The minimum Gasteiger partial charge on any atom is -0.365 e. The normalized spacial score (nSPS) is 19.2. The summed E-state index contributed by atoms with van der Waals surface area (Å²) in [7, 11) is 0. The minimum absolute atomic E-state index is 0.0603. The maximum absolute atomic E-state index is 12.2. The van der Waals surface area contributed by atoms with Gasteiger partial charge >= 0.3 is 0 Å². The maximum atomic E-state index is 12.2. The SMILES string of the molecule is CC(C)(C)NCOCC1(C(=O)C(C)(C)C)CC1. The van der Waals surface area contributed by atoms with E-state index in [0.717, 1.165) is 12.8 Å². The van der Waals surface area contributed by atoms with E-state index < -0.39 is 0 Å². The first-order valence-corrected chi connectivity index (χ1v) is 6.45. The highest BCUT2D eigenvalue weighted by Crippen LogP contribution is 2.50. The first-order valence-electron chi connectivity index (χ1n) is 6.45. The molecular formula is C14H27NO2. The van der Waals surface area contributed by atoms with E-state index in [9.17, 15) is 4.79 Å². The number of Topliss-reactive ketones (excluding diaryl/α,β-unsaturated/α-hetero) is 1. The van der Waals surface area contributed by atoms with Gasteiger partial charge in [0.05, 0.1) is 18.8 Å². The average Bonchev–Trinajstić information content (AvgIpc) is 2.89. The highest BCUT2D eigenvalue weighted by atomic mass is 16.5. The number of ether oxygens (including phenoxy) is 1. The molecule has 3 nitrogen and oxygen atoms in total. The predicted molar refractivity (Wildman–Crippen MR) is 69.8 cm³/mol. The smallest absolute Gasteiger partial charge is 0.146 e. The molecule has 0 unspecified atom stereocenters. The highest BCUT2D eigenvalue weighted by molar-refractivity contribution is 5.91. The molecule has 0 saturated heterocycles. The fourth-order valence-corrected chi connectivity index (χ4v) is 1.90. The third-order valence-electron chi connectivity index (χ3n) is 3.10. The molecule has 1 fully saturated rings. The molecule has 1 saturated carbocycles. The van der Waals surface area contributed by atoms with Crippen LogP contribution in [0.2, 0.25) is 0 Å². The fourth-order valence-electron chi connectivity index (χ4n) is 1.90. The Morgan fingerprint density at radius 2 is 1.71 bits per heavy atom. The van der Waals surface area contributed by atoms with Crippen molar-refractivity contribution in [1.82, 2.24) is 5.32 Å². The number of carbonyl (C=O) groups is 1. The quantitative estimate of drug-likeness (QED) is 0.594. The third kappa shape index (κ3) is 4.40. The molecule has 1 aliphatic rings. The summed E-state index contributed by atoms with van der Waals surface area (Å²) in [6, 6.07) is 0. The van der Waals surface area contributed by atoms with E-state index in [2.05, 4.69) is 26.1 Å². The zero-order valence-corrected chi connectivity index (χ0v) is 12.1. The number of carbonyl (C=O) groups excluding carboxylic acids is 1. The summed E-state index contributed by atoms with van der Waals surface area (Å²) in [6.07, 6.45) is 1.97. The van der Waals surface area contributed by atoms with E-state index in [4.69, 9.17) is 4.74 Å². The first-order chi connectivity index (χ1) is 7.57. The van der Waals surface area contributed by atoms with Crippen molar-refractivity contribution < 1.29 is 9.53 Å². The molecule has 0 heterocycles. The molecule has 0 spiro atoms. The van der Waals surface area contributed by atoms with Crippen LogP contribution in [0.15, 0.2) is 0 Å². The van der Waals surface area contributed by atoms with Crippen molar-refractivity contribution in [1.29, 1.82) is 0 Å². The number of nitrogens with one attached hydrogen (secondary N) is 1. The molecule has 1 N–H and O–H groups in total. The van der Waals surface area contributed by atoms with Gasteiger partial charge in [-0.05, 0) is 33.6 Å². The Kier molecular flexibility index (Phi) is 4.04. The van der Waals surface area contributed by atoms with Gasteiger partial charge in [-0.3, -0.25) is 10.1 Å². The Morgan fingerprint density at radius 1 is 1.18 bits per heavy atom. The molecule has 0 aromatic carbocycles. The van der Waals surface area contributed by atoms with Gasteiger partial charge in [-0.2, -0.15) is 0 Å². The largest absolute Gasteiger partial charge is 0.365 e. The Morgan fingerprint density at radius 3 is 2.06 bits per heavy atom. The van der Waals surface area contributed by atoms with Gasteiger partial charge < -0.3 is 4.74 Å². The zero-order chi connectivity index (χ0) is 13.3. The van der Waals surface area contributed by atoms with Gasteiger partial charge in [-0.1, -0.05) is 20.8 Å². The molecule has 1 aliphatic carbocycles. The van der Waals surface area contributed by atoms with Crippen LogP contribution >= 0.6 is 0 Å². The topological polar surface area (TPSA) is 38.3 Å². The van der Waals surface area contributed by atoms with Gasteiger partial charge in [0.25, 0.3) is 0 Å². The van der Waals surface area contributed by atoms with Gasteiger partial charge in [0.15, 0.2) is 0 Å². The summed E-state index contributed by atoms with van der Waals surface area (Å²) < 4.78 is 5.62. The second-order valence-corrected chi connectivity index (χ2v) is 7.28. The van der Waals surface area contributed by atoms with E-state index in [0.29, 0.717) is 19.1 Å². The van der Waals surface area contributed by atoms with Gasteiger partial charge in [-0.15, -0.1) is 0 Å². The minimum atomic E-state index is -0.253. The summed E-state index contributed by atoms with van der Waals surface area (Å²) in [5, 5.41) is 3.27. The van der Waals surface area contributed by atoms with Crippen molar-refractivity contribution in [2.45, 2.75) is 59.9 Å². The van der Waals surface area contributed by atoms with Crippen molar-refractivity contribution in [3.63, 3.8) is 0 Å². The van der Waals surface area contributed by atoms with Crippen LogP contribution in [-0.4, -0.2) is 24.7 Å². The van der Waals surface area contributed by atoms with Gasteiger partial charge in [0, 0.05) is 11.0 Å². The lowest BCUT2D eigenvalue weighted by Crippen LogP contribution is -2.39. The van der Waals surface area contributed by atoms with Gasteiger partial charge in [0.2, 0.25) is 0 Å². The second-order valence-electron chi connectivity index (χ2n) is 7.28. The molecule has 0 atom stereocenters. The molecule has 100 valence electrons. The Bertz CT molecular complexity index is 280. The summed E-state index contributed by atoms with van der Waals surface area (Å²) in [5.74, 6) is 0.348. The molecular weight excluding hydrogens is 214 g/mol. The van der Waals surface area contributed by atoms with Crippen LogP contribution in [0, 0.1) is 10.8 Å². The lowest BCUT2D eigenvalue weighted by molar-refractivity contribution is -0.134. The Hall–Kier alpha value is -0.410. The van der Waals surface area contributed by atoms with Crippen molar-refractivity contribution in [3.05, 3.63) is 0 Å². The molecule has 0 bridgehead atoms. The number of ketones is 1. The summed E-state index contributed by atoms with van der Waals surface area (Å²) in [5.41, 5.74) is -0.375. The lowest BCUT2D eigenvalue weighted by Gasteiger charge is -2.25. The third-order valence-corrected chi connectivity index (χ3v) is 3.10. The summed E-state index contributed by atoms with van der Waals surface area (Å²) in [6.45, 7) is 13.3. The molecule has 1 rings (SSSR count).